The van der Waals surface area contributed by atoms with Gasteiger partial charge in [0.25, 0.3) is 11.8 Å². The van der Waals surface area contributed by atoms with Crippen molar-refractivity contribution in [2.24, 2.45) is 0 Å². The van der Waals surface area contributed by atoms with Crippen molar-refractivity contribution in [3.05, 3.63) is 58.1 Å². The number of carbonyl (C=O) groups excluding carboxylic acids is 5. The second kappa shape index (κ2) is 18.6. The molecule has 4 aliphatic rings. The molecular weight excluding hydrogens is 797 g/mol. The van der Waals surface area contributed by atoms with Crippen molar-refractivity contribution in [2.75, 3.05) is 91.2 Å². The minimum atomic E-state index is -4.86. The second-order valence-corrected chi connectivity index (χ2v) is 16.2. The van der Waals surface area contributed by atoms with E-state index < -0.39 is 66.5 Å². The van der Waals surface area contributed by atoms with Gasteiger partial charge in [-0.15, -0.1) is 0 Å². The molecule has 0 saturated carbocycles. The highest BCUT2D eigenvalue weighted by molar-refractivity contribution is 6.33. The van der Waals surface area contributed by atoms with E-state index in [1.165, 1.54) is 34.9 Å². The number of nitrogens with two attached hydrogens (primary N) is 1. The summed E-state index contributed by atoms with van der Waals surface area (Å²) in [5.41, 5.74) is 5.56. The lowest BCUT2D eigenvalue weighted by Crippen LogP contribution is -2.63. The number of alkyl halides is 3. The lowest BCUT2D eigenvalue weighted by Gasteiger charge is -2.46. The van der Waals surface area contributed by atoms with Crippen LogP contribution in [0, 0.1) is 0 Å². The maximum absolute atomic E-state index is 14.5. The first-order valence-electron chi connectivity index (χ1n) is 19.9. The molecule has 3 saturated heterocycles. The Hall–Kier alpha value is -4.81. The molecule has 3 N–H and O–H groups in total. The van der Waals surface area contributed by atoms with Crippen LogP contribution >= 0.6 is 11.6 Å². The van der Waals surface area contributed by atoms with Crippen molar-refractivity contribution >= 4 is 52.9 Å². The topological polar surface area (TPSA) is 161 Å². The van der Waals surface area contributed by atoms with E-state index in [-0.39, 0.29) is 61.4 Å². The van der Waals surface area contributed by atoms with Gasteiger partial charge in [0, 0.05) is 77.6 Å². The van der Waals surface area contributed by atoms with E-state index in [1.54, 1.807) is 4.90 Å². The standard InChI is InChI=1S/C40H52ClF3N8O7/c1-47(2)34(53)24-58-37(55)32-23-50(18-19-51(32)27-9-13-48(3)14-10-27)36(54)33(22-25-20-29(40(42,43)44)35(45)30(41)21-25)59-39(57)49-15-11-28(12-16-49)52-17-8-26-6-4-5-7-31(26)46-38(52)56/h4-7,20-21,27-28,32-33H,8-19,22-24,45H2,1-3H3,(H,46,56)/t32-,33+/m0/s1. The van der Waals surface area contributed by atoms with Gasteiger partial charge in [0.05, 0.1) is 16.3 Å². The number of halogens is 4. The Balaban J connectivity index is 1.20. The third kappa shape index (κ3) is 10.5. The maximum Gasteiger partial charge on any atom is 0.418 e. The van der Waals surface area contributed by atoms with Crippen molar-refractivity contribution in [1.29, 1.82) is 0 Å². The number of carbonyl (C=O) groups is 5. The van der Waals surface area contributed by atoms with E-state index in [0.717, 1.165) is 43.2 Å². The monoisotopic (exact) mass is 848 g/mol. The summed E-state index contributed by atoms with van der Waals surface area (Å²) in [6.45, 7) is 2.20. The molecule has 3 fully saturated rings. The number of likely N-dealkylation sites (tertiary alicyclic amines) is 2. The minimum Gasteiger partial charge on any atom is -0.454 e. The molecule has 15 nitrogen and oxygen atoms in total. The molecule has 6 rings (SSSR count). The summed E-state index contributed by atoms with van der Waals surface area (Å²) < 4.78 is 53.4. The summed E-state index contributed by atoms with van der Waals surface area (Å²) in [6, 6.07) is 8.21. The molecule has 0 bridgehead atoms. The molecule has 19 heteroatoms. The predicted molar refractivity (Wildman–Crippen MR) is 213 cm³/mol. The molecule has 0 aromatic heterocycles. The van der Waals surface area contributed by atoms with Crippen LogP contribution in [-0.4, -0.2) is 164 Å². The van der Waals surface area contributed by atoms with Crippen molar-refractivity contribution < 1.29 is 46.6 Å². The van der Waals surface area contributed by atoms with Gasteiger partial charge < -0.3 is 45.0 Å². The number of fused-ring (bicyclic) bond motifs is 1. The number of amides is 5. The van der Waals surface area contributed by atoms with Crippen LogP contribution in [0.4, 0.5) is 34.1 Å². The fourth-order valence-electron chi connectivity index (χ4n) is 8.25. The summed E-state index contributed by atoms with van der Waals surface area (Å²) in [5, 5.41) is 2.59. The van der Waals surface area contributed by atoms with E-state index in [9.17, 15) is 37.1 Å². The van der Waals surface area contributed by atoms with Crippen LogP contribution in [0.3, 0.4) is 0 Å². The van der Waals surface area contributed by atoms with Crippen molar-refractivity contribution in [3.63, 3.8) is 0 Å². The molecule has 322 valence electrons. The number of para-hydroxylation sites is 1. The molecular formula is C40H52ClF3N8O7. The second-order valence-electron chi connectivity index (χ2n) is 15.8. The molecule has 2 atom stereocenters. The number of anilines is 2. The molecule has 5 amide bonds. The highest BCUT2D eigenvalue weighted by Crippen LogP contribution is 2.38. The lowest BCUT2D eigenvalue weighted by molar-refractivity contribution is -0.162. The first-order chi connectivity index (χ1) is 28.0. The Kier molecular flexibility index (Phi) is 13.8. The molecule has 0 unspecified atom stereocenters. The Labute approximate surface area is 346 Å². The summed E-state index contributed by atoms with van der Waals surface area (Å²) in [5.74, 6) is -1.85. The zero-order valence-electron chi connectivity index (χ0n) is 33.5. The van der Waals surface area contributed by atoms with E-state index in [0.29, 0.717) is 25.8 Å². The number of benzene rings is 2. The van der Waals surface area contributed by atoms with Crippen LogP contribution < -0.4 is 11.1 Å². The number of urea groups is 1. The third-order valence-electron chi connectivity index (χ3n) is 11.7. The smallest absolute Gasteiger partial charge is 0.418 e. The van der Waals surface area contributed by atoms with Gasteiger partial charge in [-0.05, 0) is 81.6 Å². The predicted octanol–water partition coefficient (Wildman–Crippen LogP) is 3.78. The van der Waals surface area contributed by atoms with Gasteiger partial charge in [0.1, 0.15) is 6.04 Å². The number of nitrogens with one attached hydrogen (secondary N) is 1. The zero-order chi connectivity index (χ0) is 42.6. The summed E-state index contributed by atoms with van der Waals surface area (Å²) in [4.78, 5) is 77.5. The first-order valence-corrected chi connectivity index (χ1v) is 20.2. The van der Waals surface area contributed by atoms with Gasteiger partial charge in [-0.2, -0.15) is 13.2 Å². The number of piperazine rings is 1. The van der Waals surface area contributed by atoms with E-state index in [2.05, 4.69) is 10.2 Å². The Morgan fingerprint density at radius 3 is 2.31 bits per heavy atom. The van der Waals surface area contributed by atoms with Gasteiger partial charge in [-0.1, -0.05) is 29.8 Å². The van der Waals surface area contributed by atoms with Crippen LogP contribution in [0.2, 0.25) is 5.02 Å². The van der Waals surface area contributed by atoms with Gasteiger partial charge in [0.2, 0.25) is 0 Å². The number of hydrogen-bond acceptors (Lipinski definition) is 10. The Morgan fingerprint density at radius 1 is 0.949 bits per heavy atom. The quantitative estimate of drug-likeness (QED) is 0.281. The number of likely N-dealkylation sites (N-methyl/N-ethyl adjacent to an activating group) is 1. The molecule has 2 aromatic rings. The molecule has 0 radical (unpaired) electrons. The van der Waals surface area contributed by atoms with Crippen molar-refractivity contribution in [2.45, 2.75) is 68.9 Å². The number of esters is 1. The molecule has 59 heavy (non-hydrogen) atoms. The lowest BCUT2D eigenvalue weighted by atomic mass is 9.98. The number of nitrogens with zero attached hydrogens (tertiary/aromatic N) is 6. The van der Waals surface area contributed by atoms with Crippen LogP contribution in [0.5, 0.6) is 0 Å². The number of rotatable bonds is 9. The molecule has 0 spiro atoms. The van der Waals surface area contributed by atoms with Gasteiger partial charge in [0.15, 0.2) is 12.7 Å². The Bertz CT molecular complexity index is 1890. The normalized spacial score (nSPS) is 20.6. The number of ether oxygens (including phenoxy) is 2. The first kappa shape index (κ1) is 43.8. The van der Waals surface area contributed by atoms with Crippen LogP contribution in [0.25, 0.3) is 0 Å². The Morgan fingerprint density at radius 2 is 1.63 bits per heavy atom. The highest BCUT2D eigenvalue weighted by atomic mass is 35.5. The third-order valence-corrected chi connectivity index (χ3v) is 12.1. The minimum absolute atomic E-state index is 0.00415. The SMILES string of the molecule is CN1CCC(N2CCN(C(=O)[C@@H](Cc3cc(Cl)c(N)c(C(F)(F)F)c3)OC(=O)N3CCC(N4CCc5ccccc5NC4=O)CC3)C[C@H]2C(=O)OCC(=O)N(C)C)CC1. The van der Waals surface area contributed by atoms with Gasteiger partial charge >= 0.3 is 24.3 Å². The average Bonchev–Trinajstić information content (AvgIpc) is 3.38. The molecule has 2 aromatic carbocycles. The van der Waals surface area contributed by atoms with Gasteiger partial charge in [-0.3, -0.25) is 19.3 Å². The van der Waals surface area contributed by atoms with E-state index >= 15 is 0 Å². The average molecular weight is 849 g/mol. The highest BCUT2D eigenvalue weighted by Gasteiger charge is 2.43. The van der Waals surface area contributed by atoms with Crippen molar-refractivity contribution in [1.82, 2.24) is 29.4 Å². The summed E-state index contributed by atoms with van der Waals surface area (Å²) >= 11 is 6.16. The number of hydrogen-bond donors (Lipinski definition) is 2. The van der Waals surface area contributed by atoms with Crippen molar-refractivity contribution in [3.8, 4) is 0 Å². The van der Waals surface area contributed by atoms with E-state index in [1.807, 2.05) is 36.2 Å². The molecule has 4 heterocycles. The van der Waals surface area contributed by atoms with Gasteiger partial charge in [-0.25, -0.2) is 9.59 Å². The number of piperidine rings is 2. The van der Waals surface area contributed by atoms with Crippen LogP contribution in [0.1, 0.15) is 42.4 Å². The fraction of sp³-hybridized carbons (Fsp3) is 0.575. The van der Waals surface area contributed by atoms with Crippen LogP contribution in [0.15, 0.2) is 36.4 Å². The molecule has 0 aliphatic carbocycles. The summed E-state index contributed by atoms with van der Waals surface area (Å²) in [6.07, 6.45) is -4.76. The number of nitrogen functional groups attached to an aromatic ring is 1. The fourth-order valence-corrected chi connectivity index (χ4v) is 8.49. The van der Waals surface area contributed by atoms with E-state index in [4.69, 9.17) is 26.8 Å². The zero-order valence-corrected chi connectivity index (χ0v) is 34.3. The maximum atomic E-state index is 14.5. The molecule has 4 aliphatic heterocycles. The van der Waals surface area contributed by atoms with Crippen LogP contribution in [-0.2, 0) is 42.9 Å². The summed E-state index contributed by atoms with van der Waals surface area (Å²) in [7, 11) is 5.07. The largest absolute Gasteiger partial charge is 0.454 e.